The van der Waals surface area contributed by atoms with E-state index >= 15 is 0 Å². The van der Waals surface area contributed by atoms with Crippen LogP contribution in [0.2, 0.25) is 0 Å². The minimum atomic E-state index is -0.319. The van der Waals surface area contributed by atoms with Gasteiger partial charge in [-0.3, -0.25) is 19.5 Å². The quantitative estimate of drug-likeness (QED) is 0.675. The molecule has 1 saturated heterocycles. The van der Waals surface area contributed by atoms with Crippen LogP contribution < -0.4 is 5.32 Å². The molecule has 1 aliphatic heterocycles. The standard InChI is InChI=1S/C17H13N3O2S2/c21-15(19-13-7-4-8-18-10-13)11-20-16(22)14(24-17(20)23)9-12-5-2-1-3-6-12/h1-10H,11H2,(H,19,21)/b14-9+. The van der Waals surface area contributed by atoms with E-state index in [0.29, 0.717) is 14.9 Å². The molecule has 1 aliphatic rings. The largest absolute Gasteiger partial charge is 0.323 e. The maximum atomic E-state index is 12.5. The number of benzene rings is 1. The average molecular weight is 355 g/mol. The molecule has 1 aromatic carbocycles. The fourth-order valence-corrected chi connectivity index (χ4v) is 3.37. The zero-order chi connectivity index (χ0) is 16.9. The molecule has 0 bridgehead atoms. The minimum Gasteiger partial charge on any atom is -0.323 e. The molecule has 0 unspecified atom stereocenters. The third-order valence-corrected chi connectivity index (χ3v) is 4.60. The summed E-state index contributed by atoms with van der Waals surface area (Å²) in [7, 11) is 0. The number of nitrogens with one attached hydrogen (secondary N) is 1. The Bertz CT molecular complexity index is 807. The van der Waals surface area contributed by atoms with Crippen LogP contribution in [0.4, 0.5) is 5.69 Å². The van der Waals surface area contributed by atoms with Gasteiger partial charge in [-0.05, 0) is 23.8 Å². The van der Waals surface area contributed by atoms with E-state index in [-0.39, 0.29) is 18.4 Å². The van der Waals surface area contributed by atoms with Crippen molar-refractivity contribution in [3.05, 3.63) is 65.3 Å². The van der Waals surface area contributed by atoms with Gasteiger partial charge in [0.05, 0.1) is 16.8 Å². The number of carbonyl (C=O) groups is 2. The first kappa shape index (κ1) is 16.4. The molecule has 1 N–H and O–H groups in total. The predicted octanol–water partition coefficient (Wildman–Crippen LogP) is 2.92. The van der Waals surface area contributed by atoms with Gasteiger partial charge in [0, 0.05) is 6.20 Å². The Labute approximate surface area is 148 Å². The summed E-state index contributed by atoms with van der Waals surface area (Å²) >= 11 is 6.43. The average Bonchev–Trinajstić information content (AvgIpc) is 2.84. The van der Waals surface area contributed by atoms with Crippen LogP contribution in [0, 0.1) is 0 Å². The first-order valence-corrected chi connectivity index (χ1v) is 8.36. The van der Waals surface area contributed by atoms with Crippen molar-refractivity contribution in [1.29, 1.82) is 0 Å². The molecule has 0 aliphatic carbocycles. The number of amides is 2. The van der Waals surface area contributed by atoms with E-state index in [1.54, 1.807) is 24.4 Å². The summed E-state index contributed by atoms with van der Waals surface area (Å²) < 4.78 is 0.378. The fourth-order valence-electron chi connectivity index (χ4n) is 2.12. The zero-order valence-electron chi connectivity index (χ0n) is 12.5. The van der Waals surface area contributed by atoms with Crippen molar-refractivity contribution in [2.75, 3.05) is 11.9 Å². The van der Waals surface area contributed by atoms with E-state index < -0.39 is 0 Å². The van der Waals surface area contributed by atoms with Crippen molar-refractivity contribution in [3.63, 3.8) is 0 Å². The summed E-state index contributed by atoms with van der Waals surface area (Å²) in [6, 6.07) is 13.0. The number of carbonyl (C=O) groups excluding carboxylic acids is 2. The van der Waals surface area contributed by atoms with Crippen molar-refractivity contribution in [3.8, 4) is 0 Å². The highest BCUT2D eigenvalue weighted by molar-refractivity contribution is 8.26. The molecule has 120 valence electrons. The van der Waals surface area contributed by atoms with Gasteiger partial charge in [0.15, 0.2) is 0 Å². The van der Waals surface area contributed by atoms with Crippen molar-refractivity contribution < 1.29 is 9.59 Å². The summed E-state index contributed by atoms with van der Waals surface area (Å²) in [6.07, 6.45) is 4.93. The maximum Gasteiger partial charge on any atom is 0.266 e. The van der Waals surface area contributed by atoms with Crippen molar-refractivity contribution >= 4 is 51.9 Å². The minimum absolute atomic E-state index is 0.119. The topological polar surface area (TPSA) is 62.3 Å². The summed E-state index contributed by atoms with van der Waals surface area (Å²) in [4.78, 5) is 30.3. The Morgan fingerprint density at radius 3 is 2.75 bits per heavy atom. The number of aromatic nitrogens is 1. The van der Waals surface area contributed by atoms with Crippen molar-refractivity contribution in [2.24, 2.45) is 0 Å². The molecule has 7 heteroatoms. The summed E-state index contributed by atoms with van der Waals surface area (Å²) in [5, 5.41) is 2.69. The lowest BCUT2D eigenvalue weighted by molar-refractivity contribution is -0.126. The molecule has 1 fully saturated rings. The summed E-state index contributed by atoms with van der Waals surface area (Å²) in [5.74, 6) is -0.574. The third-order valence-electron chi connectivity index (χ3n) is 3.22. The highest BCUT2D eigenvalue weighted by atomic mass is 32.2. The number of thioether (sulfide) groups is 1. The van der Waals surface area contributed by atoms with Crippen LogP contribution in [-0.2, 0) is 9.59 Å². The number of hydrogen-bond acceptors (Lipinski definition) is 5. The normalized spacial score (nSPS) is 15.8. The summed E-state index contributed by atoms with van der Waals surface area (Å²) in [6.45, 7) is -0.119. The van der Waals surface area contributed by atoms with E-state index in [2.05, 4.69) is 10.3 Å². The lowest BCUT2D eigenvalue weighted by Crippen LogP contribution is -2.36. The Morgan fingerprint density at radius 2 is 2.04 bits per heavy atom. The van der Waals surface area contributed by atoms with Crippen molar-refractivity contribution in [2.45, 2.75) is 0 Å². The number of nitrogens with zero attached hydrogens (tertiary/aromatic N) is 2. The SMILES string of the molecule is O=C(CN1C(=O)/C(=C\c2ccccc2)SC1=S)Nc1cccnc1. The molecule has 0 radical (unpaired) electrons. The number of anilines is 1. The van der Waals surface area contributed by atoms with Crippen molar-refractivity contribution in [1.82, 2.24) is 9.88 Å². The maximum absolute atomic E-state index is 12.5. The van der Waals surface area contributed by atoms with Gasteiger partial charge in [0.25, 0.3) is 5.91 Å². The summed E-state index contributed by atoms with van der Waals surface area (Å²) in [5.41, 5.74) is 1.49. The second-order valence-electron chi connectivity index (χ2n) is 4.97. The van der Waals surface area contributed by atoms with Gasteiger partial charge < -0.3 is 5.32 Å². The molecule has 2 amide bonds. The predicted molar refractivity (Wildman–Crippen MR) is 99.2 cm³/mol. The van der Waals surface area contributed by atoms with Gasteiger partial charge in [0.1, 0.15) is 10.9 Å². The molecule has 0 atom stereocenters. The Balaban J connectivity index is 1.68. The second kappa shape index (κ2) is 7.37. The van der Waals surface area contributed by atoms with Crippen LogP contribution in [0.1, 0.15) is 5.56 Å². The van der Waals surface area contributed by atoms with Gasteiger partial charge >= 0.3 is 0 Å². The first-order valence-electron chi connectivity index (χ1n) is 7.14. The van der Waals surface area contributed by atoms with Gasteiger partial charge in [-0.15, -0.1) is 0 Å². The Morgan fingerprint density at radius 1 is 1.25 bits per heavy atom. The van der Waals surface area contributed by atoms with E-state index in [0.717, 1.165) is 5.56 Å². The molecule has 2 heterocycles. The molecular formula is C17H13N3O2S2. The zero-order valence-corrected chi connectivity index (χ0v) is 14.1. The molecule has 0 spiro atoms. The second-order valence-corrected chi connectivity index (χ2v) is 6.64. The van der Waals surface area contributed by atoms with Gasteiger partial charge in [-0.25, -0.2) is 0 Å². The number of thiocarbonyl (C=S) groups is 1. The van der Waals surface area contributed by atoms with E-state index in [9.17, 15) is 9.59 Å². The van der Waals surface area contributed by atoms with Gasteiger partial charge in [-0.2, -0.15) is 0 Å². The molecule has 3 rings (SSSR count). The number of rotatable bonds is 4. The van der Waals surface area contributed by atoms with Gasteiger partial charge in [0.2, 0.25) is 5.91 Å². The van der Waals surface area contributed by atoms with E-state index in [1.165, 1.54) is 22.9 Å². The molecule has 0 saturated carbocycles. The highest BCUT2D eigenvalue weighted by Gasteiger charge is 2.33. The van der Waals surface area contributed by atoms with Crippen LogP contribution in [0.25, 0.3) is 6.08 Å². The van der Waals surface area contributed by atoms with E-state index in [4.69, 9.17) is 12.2 Å². The number of pyridine rings is 1. The lowest BCUT2D eigenvalue weighted by atomic mass is 10.2. The number of hydrogen-bond donors (Lipinski definition) is 1. The van der Waals surface area contributed by atoms with Crippen LogP contribution in [-0.4, -0.2) is 32.6 Å². The highest BCUT2D eigenvalue weighted by Crippen LogP contribution is 2.32. The van der Waals surface area contributed by atoms with E-state index in [1.807, 2.05) is 30.3 Å². The first-order chi connectivity index (χ1) is 11.6. The smallest absolute Gasteiger partial charge is 0.266 e. The molecular weight excluding hydrogens is 342 g/mol. The van der Waals surface area contributed by atoms with Crippen LogP contribution in [0.5, 0.6) is 0 Å². The molecule has 5 nitrogen and oxygen atoms in total. The fraction of sp³-hybridized carbons (Fsp3) is 0.0588. The van der Waals surface area contributed by atoms with Gasteiger partial charge in [-0.1, -0.05) is 54.3 Å². The molecule has 2 aromatic rings. The van der Waals surface area contributed by atoms with Crippen LogP contribution in [0.15, 0.2) is 59.8 Å². The lowest BCUT2D eigenvalue weighted by Gasteiger charge is -2.14. The Kier molecular flexibility index (Phi) is 5.02. The molecule has 24 heavy (non-hydrogen) atoms. The Hall–Kier alpha value is -2.51. The van der Waals surface area contributed by atoms with Crippen LogP contribution in [0.3, 0.4) is 0 Å². The monoisotopic (exact) mass is 355 g/mol. The third kappa shape index (κ3) is 3.87. The molecule has 1 aromatic heterocycles. The van der Waals surface area contributed by atoms with Crippen LogP contribution >= 0.6 is 24.0 Å².